The maximum absolute atomic E-state index is 11.5. The largest absolute Gasteiger partial charge is 0.498 e. The van der Waals surface area contributed by atoms with Crippen molar-refractivity contribution < 1.29 is 18.8 Å². The molecule has 0 saturated carbocycles. The number of carbonyl (C=O) groups excluding carboxylic acids is 1. The smallest absolute Gasteiger partial charge is 0.450 e. The number of carbonyl (C=O) groups is 1. The minimum atomic E-state index is -0.421. The van der Waals surface area contributed by atoms with Crippen molar-refractivity contribution in [1.29, 1.82) is 0 Å². The van der Waals surface area contributed by atoms with Gasteiger partial charge in [-0.25, -0.2) is 4.79 Å². The molecule has 134 valence electrons. The Labute approximate surface area is 144 Å². The van der Waals surface area contributed by atoms with E-state index in [9.17, 15) is 4.79 Å². The fourth-order valence-corrected chi connectivity index (χ4v) is 2.24. The van der Waals surface area contributed by atoms with Crippen LogP contribution in [0.1, 0.15) is 47.5 Å². The van der Waals surface area contributed by atoms with Crippen molar-refractivity contribution >= 4 is 18.7 Å². The van der Waals surface area contributed by atoms with Gasteiger partial charge in [-0.05, 0) is 34.1 Å². The van der Waals surface area contributed by atoms with Crippen LogP contribution in [0.25, 0.3) is 0 Å². The van der Waals surface area contributed by atoms with Gasteiger partial charge in [0.05, 0.1) is 24.4 Å². The van der Waals surface area contributed by atoms with Crippen molar-refractivity contribution in [3.05, 3.63) is 12.4 Å². The fourth-order valence-electron chi connectivity index (χ4n) is 2.24. The molecule has 0 radical (unpaired) electrons. The van der Waals surface area contributed by atoms with Gasteiger partial charge < -0.3 is 19.4 Å². The number of alkyl carbamates (subject to hydrolysis) is 1. The topological polar surface area (TPSA) is 74.6 Å². The minimum Gasteiger partial charge on any atom is -0.450 e. The molecule has 1 N–H and O–H groups in total. The second-order valence-corrected chi connectivity index (χ2v) is 7.04. The van der Waals surface area contributed by atoms with Gasteiger partial charge in [0, 0.05) is 24.4 Å². The average Bonchev–Trinajstić information content (AvgIpc) is 3.02. The molecule has 7 nitrogen and oxygen atoms in total. The van der Waals surface area contributed by atoms with Crippen LogP contribution < -0.4 is 10.8 Å². The average molecular weight is 337 g/mol. The Hall–Kier alpha value is -1.54. The van der Waals surface area contributed by atoms with Crippen LogP contribution in [0.5, 0.6) is 0 Å². The standard InChI is InChI=1S/C16H28BN3O4/c1-6-7-10-22-14(21)18-8-9-20-12-13(11-19-20)17-23-15(2,3)16(4,5)24-17/h11-12H,6-10H2,1-5H3,(H,18,21). The molecule has 2 rings (SSSR count). The van der Waals surface area contributed by atoms with Gasteiger partial charge in [0.1, 0.15) is 0 Å². The Morgan fingerprint density at radius 1 is 1.33 bits per heavy atom. The first-order valence-electron chi connectivity index (χ1n) is 8.54. The summed E-state index contributed by atoms with van der Waals surface area (Å²) in [6.07, 6.45) is 5.11. The molecule has 1 amide bonds. The summed E-state index contributed by atoms with van der Waals surface area (Å²) < 4.78 is 18.8. The molecule has 0 atom stereocenters. The number of rotatable bonds is 7. The maximum atomic E-state index is 11.5. The van der Waals surface area contributed by atoms with Crippen LogP contribution in [0.15, 0.2) is 12.4 Å². The van der Waals surface area contributed by atoms with Crippen molar-refractivity contribution in [2.45, 2.75) is 65.2 Å². The summed E-state index contributed by atoms with van der Waals surface area (Å²) in [5.74, 6) is 0. The van der Waals surface area contributed by atoms with E-state index in [1.807, 2.05) is 33.9 Å². The normalized spacial score (nSPS) is 18.6. The molecule has 1 aromatic rings. The predicted octanol–water partition coefficient (Wildman–Crippen LogP) is 1.71. The number of nitrogens with zero attached hydrogens (tertiary/aromatic N) is 2. The van der Waals surface area contributed by atoms with Crippen molar-refractivity contribution in [3.63, 3.8) is 0 Å². The number of hydrogen-bond donors (Lipinski definition) is 1. The van der Waals surface area contributed by atoms with Crippen molar-refractivity contribution in [2.75, 3.05) is 13.2 Å². The van der Waals surface area contributed by atoms with Crippen molar-refractivity contribution in [3.8, 4) is 0 Å². The third-order valence-corrected chi connectivity index (χ3v) is 4.52. The minimum absolute atomic E-state index is 0.371. The first-order chi connectivity index (χ1) is 11.2. The summed E-state index contributed by atoms with van der Waals surface area (Å²) in [5, 5.41) is 7.00. The van der Waals surface area contributed by atoms with Crippen LogP contribution in [0.2, 0.25) is 0 Å². The third kappa shape index (κ3) is 4.51. The van der Waals surface area contributed by atoms with Crippen molar-refractivity contribution in [2.24, 2.45) is 0 Å². The zero-order valence-corrected chi connectivity index (χ0v) is 15.3. The Morgan fingerprint density at radius 3 is 2.62 bits per heavy atom. The lowest BCUT2D eigenvalue weighted by atomic mass is 9.82. The van der Waals surface area contributed by atoms with Crippen LogP contribution in [-0.2, 0) is 20.6 Å². The molecule has 0 bridgehead atoms. The van der Waals surface area contributed by atoms with Crippen LogP contribution >= 0.6 is 0 Å². The van der Waals surface area contributed by atoms with Gasteiger partial charge in [0.15, 0.2) is 0 Å². The van der Waals surface area contributed by atoms with Gasteiger partial charge in [-0.1, -0.05) is 13.3 Å². The highest BCUT2D eigenvalue weighted by Gasteiger charge is 2.52. The van der Waals surface area contributed by atoms with Gasteiger partial charge >= 0.3 is 13.2 Å². The van der Waals surface area contributed by atoms with Crippen molar-refractivity contribution in [1.82, 2.24) is 15.1 Å². The van der Waals surface area contributed by atoms with E-state index in [1.54, 1.807) is 10.9 Å². The zero-order valence-electron chi connectivity index (χ0n) is 15.3. The van der Waals surface area contributed by atoms with Gasteiger partial charge in [0.25, 0.3) is 0 Å². The maximum Gasteiger partial charge on any atom is 0.498 e. The summed E-state index contributed by atoms with van der Waals surface area (Å²) in [4.78, 5) is 11.5. The lowest BCUT2D eigenvalue weighted by Crippen LogP contribution is -2.41. The molecular weight excluding hydrogens is 309 g/mol. The summed E-state index contributed by atoms with van der Waals surface area (Å²) in [6, 6.07) is 0. The Morgan fingerprint density at radius 2 is 2.00 bits per heavy atom. The second kappa shape index (κ2) is 7.57. The second-order valence-electron chi connectivity index (χ2n) is 7.04. The van der Waals surface area contributed by atoms with Gasteiger partial charge in [-0.15, -0.1) is 0 Å². The molecular formula is C16H28BN3O4. The molecule has 0 spiro atoms. The molecule has 1 saturated heterocycles. The van der Waals surface area contributed by atoms with Crippen LogP contribution in [0.3, 0.4) is 0 Å². The first kappa shape index (κ1) is 18.8. The molecule has 1 aliphatic heterocycles. The number of nitrogens with one attached hydrogen (secondary N) is 1. The Balaban J connectivity index is 1.79. The number of amides is 1. The SMILES string of the molecule is CCCCOC(=O)NCCn1cc(B2OC(C)(C)C(C)(C)O2)cn1. The number of hydrogen-bond acceptors (Lipinski definition) is 5. The van der Waals surface area contributed by atoms with E-state index >= 15 is 0 Å². The molecule has 1 aromatic heterocycles. The van der Waals surface area contributed by atoms with Crippen LogP contribution in [-0.4, -0.2) is 47.3 Å². The van der Waals surface area contributed by atoms with E-state index < -0.39 is 7.12 Å². The molecule has 0 aromatic carbocycles. The predicted molar refractivity (Wildman–Crippen MR) is 92.2 cm³/mol. The van der Waals surface area contributed by atoms with Gasteiger partial charge in [-0.3, -0.25) is 4.68 Å². The highest BCUT2D eigenvalue weighted by molar-refractivity contribution is 6.61. The quantitative estimate of drug-likeness (QED) is 0.606. The van der Waals surface area contributed by atoms with E-state index in [2.05, 4.69) is 17.3 Å². The monoisotopic (exact) mass is 337 g/mol. The summed E-state index contributed by atoms with van der Waals surface area (Å²) in [6.45, 7) is 11.6. The van der Waals surface area contributed by atoms with E-state index in [0.29, 0.717) is 19.7 Å². The molecule has 0 aliphatic carbocycles. The van der Waals surface area contributed by atoms with Crippen LogP contribution in [0, 0.1) is 0 Å². The number of unbranched alkanes of at least 4 members (excludes halogenated alkanes) is 1. The van der Waals surface area contributed by atoms with E-state index in [1.165, 1.54) is 0 Å². The molecule has 2 heterocycles. The Kier molecular flexibility index (Phi) is 5.93. The number of ether oxygens (including phenoxy) is 1. The van der Waals surface area contributed by atoms with E-state index in [-0.39, 0.29) is 17.3 Å². The fraction of sp³-hybridized carbons (Fsp3) is 0.750. The first-order valence-corrected chi connectivity index (χ1v) is 8.54. The Bertz CT molecular complexity index is 543. The zero-order chi connectivity index (χ0) is 17.8. The summed E-state index contributed by atoms with van der Waals surface area (Å²) in [7, 11) is -0.421. The van der Waals surface area contributed by atoms with Gasteiger partial charge in [0.2, 0.25) is 0 Å². The molecule has 1 aliphatic rings. The number of aromatic nitrogens is 2. The lowest BCUT2D eigenvalue weighted by molar-refractivity contribution is 0.00578. The molecule has 1 fully saturated rings. The lowest BCUT2D eigenvalue weighted by Gasteiger charge is -2.32. The van der Waals surface area contributed by atoms with Gasteiger partial charge in [-0.2, -0.15) is 5.10 Å². The van der Waals surface area contributed by atoms with E-state index in [4.69, 9.17) is 14.0 Å². The molecule has 0 unspecified atom stereocenters. The van der Waals surface area contributed by atoms with E-state index in [0.717, 1.165) is 18.3 Å². The molecule has 24 heavy (non-hydrogen) atoms. The molecule has 8 heteroatoms. The third-order valence-electron chi connectivity index (χ3n) is 4.52. The highest BCUT2D eigenvalue weighted by Crippen LogP contribution is 2.36. The highest BCUT2D eigenvalue weighted by atomic mass is 16.7. The summed E-state index contributed by atoms with van der Waals surface area (Å²) in [5.41, 5.74) is 0.131. The van der Waals surface area contributed by atoms with Crippen LogP contribution in [0.4, 0.5) is 4.79 Å². The summed E-state index contributed by atoms with van der Waals surface area (Å²) >= 11 is 0.